The molecule has 2 aromatic carbocycles. The number of nitrogens with one attached hydrogen (secondary N) is 1. The van der Waals surface area contributed by atoms with Crippen LogP contribution in [0.1, 0.15) is 48.9 Å². The minimum atomic E-state index is 0. The van der Waals surface area contributed by atoms with Crippen molar-refractivity contribution in [2.24, 2.45) is 11.8 Å². The first-order valence-electron chi connectivity index (χ1n) is 10.9. The van der Waals surface area contributed by atoms with Crippen LogP contribution in [-0.4, -0.2) is 31.0 Å². The van der Waals surface area contributed by atoms with Gasteiger partial charge in [-0.25, -0.2) is 0 Å². The van der Waals surface area contributed by atoms with E-state index < -0.39 is 0 Å². The van der Waals surface area contributed by atoms with Gasteiger partial charge in [0.25, 0.3) is 0 Å². The van der Waals surface area contributed by atoms with Crippen LogP contribution in [-0.2, 0) is 17.8 Å². The van der Waals surface area contributed by atoms with Crippen LogP contribution in [0, 0.1) is 11.8 Å². The minimum Gasteiger partial charge on any atom is -0.497 e. The second kappa shape index (κ2) is 10.3. The highest BCUT2D eigenvalue weighted by molar-refractivity contribution is 5.85. The molecule has 0 bridgehead atoms. The van der Waals surface area contributed by atoms with Crippen LogP contribution in [0.2, 0.25) is 0 Å². The first-order chi connectivity index (χ1) is 14.2. The van der Waals surface area contributed by atoms with Gasteiger partial charge in [-0.3, -0.25) is 4.79 Å². The number of amides is 1. The van der Waals surface area contributed by atoms with E-state index in [1.54, 1.807) is 7.11 Å². The van der Waals surface area contributed by atoms with Gasteiger partial charge in [0, 0.05) is 13.0 Å². The lowest BCUT2D eigenvalue weighted by Crippen LogP contribution is -2.40. The number of carbonyl (C=O) groups is 1. The number of rotatable bonds is 5. The first kappa shape index (κ1) is 22.6. The standard InChI is InChI=1S/C25H32N2O2.ClH/c1-18(19-10-12-26-13-11-19)14-25(28)27-17-22-15-23(29-2)9-8-21(22)16-24(27)20-6-4-3-5-7-20;/h3-9,15,18-19,24,26H,10-14,16-17H2,1-2H3;1H. The molecule has 2 heterocycles. The van der Waals surface area contributed by atoms with Gasteiger partial charge < -0.3 is 15.0 Å². The first-order valence-corrected chi connectivity index (χ1v) is 10.9. The molecule has 1 fully saturated rings. The van der Waals surface area contributed by atoms with Crippen molar-refractivity contribution in [3.8, 4) is 5.75 Å². The monoisotopic (exact) mass is 428 g/mol. The highest BCUT2D eigenvalue weighted by Crippen LogP contribution is 2.36. The summed E-state index contributed by atoms with van der Waals surface area (Å²) in [6, 6.07) is 16.8. The molecule has 1 amide bonds. The normalized spacial score (nSPS) is 20.1. The van der Waals surface area contributed by atoms with Gasteiger partial charge in [-0.2, -0.15) is 0 Å². The van der Waals surface area contributed by atoms with E-state index in [0.29, 0.717) is 24.8 Å². The predicted molar refractivity (Wildman–Crippen MR) is 123 cm³/mol. The Morgan fingerprint density at radius 1 is 1.13 bits per heavy atom. The van der Waals surface area contributed by atoms with Gasteiger partial charge in [-0.1, -0.05) is 43.3 Å². The quantitative estimate of drug-likeness (QED) is 0.745. The van der Waals surface area contributed by atoms with Crippen molar-refractivity contribution in [1.29, 1.82) is 0 Å². The Morgan fingerprint density at radius 3 is 2.57 bits per heavy atom. The molecule has 2 aromatic rings. The summed E-state index contributed by atoms with van der Waals surface area (Å²) >= 11 is 0. The number of halogens is 1. The maximum absolute atomic E-state index is 13.5. The molecule has 0 saturated carbocycles. The number of hydrogen-bond donors (Lipinski definition) is 1. The van der Waals surface area contributed by atoms with E-state index in [4.69, 9.17) is 4.74 Å². The smallest absolute Gasteiger partial charge is 0.223 e. The van der Waals surface area contributed by atoms with Gasteiger partial charge in [-0.05, 0) is 73.0 Å². The maximum Gasteiger partial charge on any atom is 0.223 e. The summed E-state index contributed by atoms with van der Waals surface area (Å²) in [5.41, 5.74) is 3.74. The molecular weight excluding hydrogens is 396 g/mol. The Kier molecular flexibility index (Phi) is 7.79. The van der Waals surface area contributed by atoms with Crippen molar-refractivity contribution in [3.63, 3.8) is 0 Å². The Bertz CT molecular complexity index is 836. The van der Waals surface area contributed by atoms with Crippen molar-refractivity contribution in [2.45, 2.75) is 45.2 Å². The van der Waals surface area contributed by atoms with Crippen LogP contribution in [0.4, 0.5) is 0 Å². The molecule has 1 saturated heterocycles. The second-order valence-electron chi connectivity index (χ2n) is 8.56. The molecule has 2 aliphatic heterocycles. The third-order valence-corrected chi connectivity index (χ3v) is 6.73. The maximum atomic E-state index is 13.5. The van der Waals surface area contributed by atoms with Crippen molar-refractivity contribution in [2.75, 3.05) is 20.2 Å². The average molecular weight is 429 g/mol. The zero-order valence-electron chi connectivity index (χ0n) is 18.0. The fraction of sp³-hybridized carbons (Fsp3) is 0.480. The summed E-state index contributed by atoms with van der Waals surface area (Å²) < 4.78 is 5.42. The molecule has 4 rings (SSSR count). The second-order valence-corrected chi connectivity index (χ2v) is 8.56. The number of nitrogens with zero attached hydrogens (tertiary/aromatic N) is 1. The molecule has 30 heavy (non-hydrogen) atoms. The molecule has 1 N–H and O–H groups in total. The average Bonchev–Trinajstić information content (AvgIpc) is 2.78. The Balaban J connectivity index is 0.00000256. The molecule has 2 atom stereocenters. The van der Waals surface area contributed by atoms with E-state index in [0.717, 1.165) is 25.3 Å². The minimum absolute atomic E-state index is 0. The number of benzene rings is 2. The Labute approximate surface area is 186 Å². The number of ether oxygens (including phenoxy) is 1. The lowest BCUT2D eigenvalue weighted by Gasteiger charge is -2.39. The SMILES string of the molecule is COc1ccc2c(c1)CN(C(=O)CC(C)C1CCNCC1)C(c1ccccc1)C2.Cl. The molecule has 162 valence electrons. The summed E-state index contributed by atoms with van der Waals surface area (Å²) in [7, 11) is 1.70. The van der Waals surface area contributed by atoms with Gasteiger partial charge >= 0.3 is 0 Å². The molecule has 4 nitrogen and oxygen atoms in total. The fourth-order valence-electron chi connectivity index (χ4n) is 4.90. The lowest BCUT2D eigenvalue weighted by molar-refractivity contribution is -0.136. The molecule has 5 heteroatoms. The summed E-state index contributed by atoms with van der Waals surface area (Å²) in [6.45, 7) is 5.07. The molecule has 2 aliphatic rings. The summed E-state index contributed by atoms with van der Waals surface area (Å²) in [4.78, 5) is 15.6. The molecular formula is C25H33ClN2O2. The fourth-order valence-corrected chi connectivity index (χ4v) is 4.90. The van der Waals surface area contributed by atoms with E-state index in [1.807, 2.05) is 12.1 Å². The van der Waals surface area contributed by atoms with Gasteiger partial charge in [0.15, 0.2) is 0 Å². The lowest BCUT2D eigenvalue weighted by atomic mass is 9.83. The topological polar surface area (TPSA) is 41.6 Å². The van der Waals surface area contributed by atoms with Crippen LogP contribution < -0.4 is 10.1 Å². The number of carbonyl (C=O) groups excluding carboxylic acids is 1. The van der Waals surface area contributed by atoms with E-state index in [2.05, 4.69) is 53.5 Å². The number of hydrogen-bond acceptors (Lipinski definition) is 3. The summed E-state index contributed by atoms with van der Waals surface area (Å²) in [5.74, 6) is 2.20. The summed E-state index contributed by atoms with van der Waals surface area (Å²) in [5, 5.41) is 3.43. The van der Waals surface area contributed by atoms with Crippen LogP contribution in [0.3, 0.4) is 0 Å². The van der Waals surface area contributed by atoms with Crippen molar-refractivity contribution < 1.29 is 9.53 Å². The Morgan fingerprint density at radius 2 is 1.87 bits per heavy atom. The van der Waals surface area contributed by atoms with E-state index in [9.17, 15) is 4.79 Å². The number of piperidine rings is 1. The van der Waals surface area contributed by atoms with E-state index >= 15 is 0 Å². The summed E-state index contributed by atoms with van der Waals surface area (Å²) in [6.07, 6.45) is 3.84. The number of methoxy groups -OCH3 is 1. The van der Waals surface area contributed by atoms with Crippen LogP contribution in [0.15, 0.2) is 48.5 Å². The highest BCUT2D eigenvalue weighted by atomic mass is 35.5. The largest absolute Gasteiger partial charge is 0.497 e. The van der Waals surface area contributed by atoms with E-state index in [-0.39, 0.29) is 24.4 Å². The van der Waals surface area contributed by atoms with Crippen LogP contribution >= 0.6 is 12.4 Å². The van der Waals surface area contributed by atoms with Crippen LogP contribution in [0.25, 0.3) is 0 Å². The van der Waals surface area contributed by atoms with Crippen molar-refractivity contribution >= 4 is 18.3 Å². The van der Waals surface area contributed by atoms with E-state index in [1.165, 1.54) is 29.5 Å². The van der Waals surface area contributed by atoms with Gasteiger partial charge in [-0.15, -0.1) is 12.4 Å². The highest BCUT2D eigenvalue weighted by Gasteiger charge is 2.32. The zero-order chi connectivity index (χ0) is 20.2. The zero-order valence-corrected chi connectivity index (χ0v) is 18.8. The van der Waals surface area contributed by atoms with Gasteiger partial charge in [0.2, 0.25) is 5.91 Å². The third kappa shape index (κ3) is 4.98. The molecule has 0 aliphatic carbocycles. The van der Waals surface area contributed by atoms with Crippen molar-refractivity contribution in [1.82, 2.24) is 10.2 Å². The van der Waals surface area contributed by atoms with Crippen LogP contribution in [0.5, 0.6) is 5.75 Å². The molecule has 0 spiro atoms. The molecule has 0 aromatic heterocycles. The third-order valence-electron chi connectivity index (χ3n) is 6.73. The van der Waals surface area contributed by atoms with Crippen molar-refractivity contribution in [3.05, 3.63) is 65.2 Å². The van der Waals surface area contributed by atoms with Gasteiger partial charge in [0.1, 0.15) is 5.75 Å². The number of fused-ring (bicyclic) bond motifs is 1. The predicted octanol–water partition coefficient (Wildman–Crippen LogP) is 4.77. The molecule has 0 radical (unpaired) electrons. The molecule has 2 unspecified atom stereocenters. The Hall–Kier alpha value is -2.04. The van der Waals surface area contributed by atoms with Gasteiger partial charge in [0.05, 0.1) is 13.2 Å².